The summed E-state index contributed by atoms with van der Waals surface area (Å²) in [6.07, 6.45) is 0.140. The van der Waals surface area contributed by atoms with Gasteiger partial charge in [0.25, 0.3) is 5.91 Å². The molecule has 3 rings (SSSR count). The van der Waals surface area contributed by atoms with Crippen LogP contribution in [0.15, 0.2) is 66.7 Å². The molecule has 0 radical (unpaired) electrons. The van der Waals surface area contributed by atoms with Crippen molar-refractivity contribution in [3.8, 4) is 0 Å². The molecule has 0 aliphatic heterocycles. The Morgan fingerprint density at radius 1 is 0.960 bits per heavy atom. The Kier molecular flexibility index (Phi) is 4.75. The zero-order chi connectivity index (χ0) is 17.8. The fourth-order valence-corrected chi connectivity index (χ4v) is 2.67. The molecule has 0 saturated heterocycles. The van der Waals surface area contributed by atoms with Crippen molar-refractivity contribution in [2.24, 2.45) is 0 Å². The maximum atomic E-state index is 13.2. The molecule has 1 atom stereocenters. The van der Waals surface area contributed by atoms with Crippen molar-refractivity contribution in [2.45, 2.75) is 12.5 Å². The minimum Gasteiger partial charge on any atom is -0.480 e. The zero-order valence-electron chi connectivity index (χ0n) is 13.3. The topological polar surface area (TPSA) is 66.4 Å². The minimum absolute atomic E-state index is 0.0877. The first kappa shape index (κ1) is 16.6. The van der Waals surface area contributed by atoms with E-state index in [1.165, 1.54) is 18.2 Å². The van der Waals surface area contributed by atoms with Gasteiger partial charge in [0.15, 0.2) is 0 Å². The van der Waals surface area contributed by atoms with E-state index < -0.39 is 23.7 Å². The van der Waals surface area contributed by atoms with Crippen molar-refractivity contribution in [1.82, 2.24) is 5.32 Å². The fourth-order valence-electron chi connectivity index (χ4n) is 2.67. The van der Waals surface area contributed by atoms with Gasteiger partial charge in [-0.3, -0.25) is 4.79 Å². The molecule has 0 aliphatic carbocycles. The van der Waals surface area contributed by atoms with E-state index in [0.717, 1.165) is 22.4 Å². The highest BCUT2D eigenvalue weighted by Gasteiger charge is 2.21. The van der Waals surface area contributed by atoms with Crippen LogP contribution in [0.25, 0.3) is 10.8 Å². The molecule has 0 aromatic heterocycles. The number of hydrogen-bond donors (Lipinski definition) is 2. The Bertz CT molecular complexity index is 939. The number of fused-ring (bicyclic) bond motifs is 1. The third-order valence-electron chi connectivity index (χ3n) is 3.94. The average Bonchev–Trinajstić information content (AvgIpc) is 2.61. The van der Waals surface area contributed by atoms with E-state index in [2.05, 4.69) is 5.32 Å². The molecule has 25 heavy (non-hydrogen) atoms. The summed E-state index contributed by atoms with van der Waals surface area (Å²) in [7, 11) is 0. The Hall–Kier alpha value is -3.21. The van der Waals surface area contributed by atoms with Gasteiger partial charge < -0.3 is 10.4 Å². The van der Waals surface area contributed by atoms with Gasteiger partial charge in [0, 0.05) is 12.0 Å². The molecular weight excluding hydrogens is 321 g/mol. The summed E-state index contributed by atoms with van der Waals surface area (Å²) in [5, 5.41) is 13.9. The summed E-state index contributed by atoms with van der Waals surface area (Å²) in [6, 6.07) is 17.5. The van der Waals surface area contributed by atoms with Crippen LogP contribution >= 0.6 is 0 Å². The molecule has 0 fully saturated rings. The lowest BCUT2D eigenvalue weighted by Crippen LogP contribution is -2.42. The van der Waals surface area contributed by atoms with Crippen LogP contribution in [0.3, 0.4) is 0 Å². The summed E-state index contributed by atoms with van der Waals surface area (Å²) in [5.41, 5.74) is 0.885. The highest BCUT2D eigenvalue weighted by Crippen LogP contribution is 2.17. The predicted molar refractivity (Wildman–Crippen MR) is 92.9 cm³/mol. The van der Waals surface area contributed by atoms with Crippen molar-refractivity contribution in [3.05, 3.63) is 83.7 Å². The monoisotopic (exact) mass is 337 g/mol. The molecule has 0 unspecified atom stereocenters. The smallest absolute Gasteiger partial charge is 0.326 e. The standard InChI is InChI=1S/C20H16FNO3/c21-17-7-3-6-16(12-17)19(23)22-18(20(24)25)11-13-8-9-14-4-1-2-5-15(14)10-13/h1-10,12,18H,11H2,(H,22,23)(H,24,25)/t18-/m1/s1. The van der Waals surface area contributed by atoms with Crippen molar-refractivity contribution in [3.63, 3.8) is 0 Å². The number of rotatable bonds is 5. The number of carbonyl (C=O) groups is 2. The Morgan fingerprint density at radius 3 is 2.44 bits per heavy atom. The number of carboxylic acid groups (broad SMARTS) is 1. The van der Waals surface area contributed by atoms with E-state index in [-0.39, 0.29) is 12.0 Å². The molecule has 2 N–H and O–H groups in total. The van der Waals surface area contributed by atoms with Crippen LogP contribution in [-0.4, -0.2) is 23.0 Å². The largest absolute Gasteiger partial charge is 0.480 e. The molecule has 3 aromatic rings. The number of hydrogen-bond acceptors (Lipinski definition) is 2. The highest BCUT2D eigenvalue weighted by atomic mass is 19.1. The van der Waals surface area contributed by atoms with Gasteiger partial charge in [0.05, 0.1) is 0 Å². The lowest BCUT2D eigenvalue weighted by molar-refractivity contribution is -0.139. The Labute approximate surface area is 143 Å². The van der Waals surface area contributed by atoms with Gasteiger partial charge in [0.2, 0.25) is 0 Å². The van der Waals surface area contributed by atoms with Gasteiger partial charge in [-0.1, -0.05) is 48.5 Å². The molecule has 0 aliphatic rings. The second kappa shape index (κ2) is 7.13. The van der Waals surface area contributed by atoms with Gasteiger partial charge in [0.1, 0.15) is 11.9 Å². The van der Waals surface area contributed by atoms with Crippen LogP contribution in [0.4, 0.5) is 4.39 Å². The summed E-state index contributed by atoms with van der Waals surface area (Å²) in [6.45, 7) is 0. The number of carbonyl (C=O) groups excluding carboxylic acids is 1. The average molecular weight is 337 g/mol. The number of aliphatic carboxylic acids is 1. The number of halogens is 1. The quantitative estimate of drug-likeness (QED) is 0.750. The molecule has 0 spiro atoms. The number of benzene rings is 3. The summed E-state index contributed by atoms with van der Waals surface area (Å²) in [4.78, 5) is 23.7. The molecule has 5 heteroatoms. The number of nitrogens with one attached hydrogen (secondary N) is 1. The maximum absolute atomic E-state index is 13.2. The van der Waals surface area contributed by atoms with Gasteiger partial charge in [-0.2, -0.15) is 0 Å². The molecule has 126 valence electrons. The first-order valence-electron chi connectivity index (χ1n) is 7.80. The number of carboxylic acids is 1. The number of amides is 1. The van der Waals surface area contributed by atoms with E-state index in [9.17, 15) is 19.1 Å². The first-order chi connectivity index (χ1) is 12.0. The Morgan fingerprint density at radius 2 is 1.72 bits per heavy atom. The van der Waals surface area contributed by atoms with E-state index >= 15 is 0 Å². The third-order valence-corrected chi connectivity index (χ3v) is 3.94. The van der Waals surface area contributed by atoms with E-state index in [4.69, 9.17) is 0 Å². The van der Waals surface area contributed by atoms with Crippen LogP contribution in [0.5, 0.6) is 0 Å². The first-order valence-corrected chi connectivity index (χ1v) is 7.80. The van der Waals surface area contributed by atoms with Crippen LogP contribution in [0.1, 0.15) is 15.9 Å². The van der Waals surface area contributed by atoms with Crippen LogP contribution in [0.2, 0.25) is 0 Å². The van der Waals surface area contributed by atoms with Crippen LogP contribution < -0.4 is 5.32 Å². The van der Waals surface area contributed by atoms with Crippen molar-refractivity contribution in [2.75, 3.05) is 0 Å². The summed E-state index contributed by atoms with van der Waals surface area (Å²) in [5.74, 6) is -2.31. The van der Waals surface area contributed by atoms with Crippen molar-refractivity contribution < 1.29 is 19.1 Å². The lowest BCUT2D eigenvalue weighted by Gasteiger charge is -2.15. The Balaban J connectivity index is 1.78. The predicted octanol–water partition coefficient (Wildman–Crippen LogP) is 3.40. The third kappa shape index (κ3) is 4.01. The van der Waals surface area contributed by atoms with E-state index in [1.807, 2.05) is 42.5 Å². The van der Waals surface area contributed by atoms with E-state index in [0.29, 0.717) is 0 Å². The molecule has 1 amide bonds. The molecule has 4 nitrogen and oxygen atoms in total. The summed E-state index contributed by atoms with van der Waals surface area (Å²) >= 11 is 0. The highest BCUT2D eigenvalue weighted by molar-refractivity contribution is 5.96. The van der Waals surface area contributed by atoms with Crippen molar-refractivity contribution >= 4 is 22.6 Å². The molecule has 0 bridgehead atoms. The fraction of sp³-hybridized carbons (Fsp3) is 0.100. The van der Waals surface area contributed by atoms with Gasteiger partial charge in [-0.25, -0.2) is 9.18 Å². The van der Waals surface area contributed by atoms with Gasteiger partial charge in [-0.05, 0) is 34.5 Å². The van der Waals surface area contributed by atoms with Gasteiger partial charge >= 0.3 is 5.97 Å². The molecule has 3 aromatic carbocycles. The van der Waals surface area contributed by atoms with E-state index in [1.54, 1.807) is 0 Å². The maximum Gasteiger partial charge on any atom is 0.326 e. The SMILES string of the molecule is O=C(N[C@H](Cc1ccc2ccccc2c1)C(=O)O)c1cccc(F)c1. The lowest BCUT2D eigenvalue weighted by atomic mass is 10.0. The second-order valence-corrected chi connectivity index (χ2v) is 5.76. The molecule has 0 heterocycles. The summed E-state index contributed by atoms with van der Waals surface area (Å²) < 4.78 is 13.2. The van der Waals surface area contributed by atoms with Crippen LogP contribution in [-0.2, 0) is 11.2 Å². The second-order valence-electron chi connectivity index (χ2n) is 5.76. The van der Waals surface area contributed by atoms with Gasteiger partial charge in [-0.15, -0.1) is 0 Å². The van der Waals surface area contributed by atoms with Crippen LogP contribution in [0, 0.1) is 5.82 Å². The van der Waals surface area contributed by atoms with Crippen molar-refractivity contribution in [1.29, 1.82) is 0 Å². The minimum atomic E-state index is -1.14. The molecule has 0 saturated carbocycles. The zero-order valence-corrected chi connectivity index (χ0v) is 13.3. The molecular formula is C20H16FNO3. The normalized spacial score (nSPS) is 11.9.